The third-order valence-electron chi connectivity index (χ3n) is 2.09. The number of nitrogens with one attached hydrogen (secondary N) is 1. The Bertz CT molecular complexity index is 466. The molecule has 0 atom stereocenters. The van der Waals surface area contributed by atoms with Crippen LogP contribution in [0.1, 0.15) is 16.9 Å². The largest absolute Gasteiger partial charge is 0.370 e. The molecule has 0 bridgehead atoms. The summed E-state index contributed by atoms with van der Waals surface area (Å²) in [6.45, 7) is 0.104. The van der Waals surface area contributed by atoms with Crippen LogP contribution in [-0.4, -0.2) is 27.8 Å². The molecule has 92 valence electrons. The van der Waals surface area contributed by atoms with Gasteiger partial charge in [-0.1, -0.05) is 0 Å². The van der Waals surface area contributed by atoms with Crippen LogP contribution >= 0.6 is 0 Å². The van der Waals surface area contributed by atoms with E-state index in [1.165, 1.54) is 23.9 Å². The molecule has 1 rings (SSSR count). The maximum atomic E-state index is 11.6. The average Bonchev–Trinajstić information content (AvgIpc) is 2.59. The highest BCUT2D eigenvalue weighted by atomic mass is 16.6. The van der Waals surface area contributed by atoms with Crippen LogP contribution < -0.4 is 11.1 Å². The molecule has 0 aliphatic rings. The molecule has 0 aliphatic heterocycles. The van der Waals surface area contributed by atoms with Crippen molar-refractivity contribution in [3.05, 3.63) is 28.1 Å². The molecule has 0 aliphatic carbocycles. The zero-order valence-corrected chi connectivity index (χ0v) is 9.17. The Balaban J connectivity index is 2.69. The van der Waals surface area contributed by atoms with Crippen LogP contribution in [0.3, 0.4) is 0 Å². The summed E-state index contributed by atoms with van der Waals surface area (Å²) in [6, 6.07) is 1.17. The summed E-state index contributed by atoms with van der Waals surface area (Å²) in [4.78, 5) is 31.9. The van der Waals surface area contributed by atoms with Crippen molar-refractivity contribution in [1.29, 1.82) is 0 Å². The van der Waals surface area contributed by atoms with Gasteiger partial charge >= 0.3 is 0 Å². The molecule has 3 N–H and O–H groups in total. The fraction of sp³-hybridized carbons (Fsp3) is 0.333. The van der Waals surface area contributed by atoms with Gasteiger partial charge in [0.1, 0.15) is 5.69 Å². The van der Waals surface area contributed by atoms with Gasteiger partial charge < -0.3 is 15.6 Å². The van der Waals surface area contributed by atoms with E-state index < -0.39 is 16.7 Å². The number of carbonyl (C=O) groups is 2. The van der Waals surface area contributed by atoms with E-state index in [4.69, 9.17) is 5.73 Å². The Morgan fingerprint density at radius 2 is 2.24 bits per heavy atom. The maximum absolute atomic E-state index is 11.6. The summed E-state index contributed by atoms with van der Waals surface area (Å²) in [5.74, 6) is -1.01. The molecule has 8 heteroatoms. The van der Waals surface area contributed by atoms with E-state index in [0.29, 0.717) is 0 Å². The van der Waals surface area contributed by atoms with Crippen molar-refractivity contribution in [3.63, 3.8) is 0 Å². The number of nitro groups is 1. The third kappa shape index (κ3) is 3.30. The average molecular weight is 240 g/mol. The molecular weight excluding hydrogens is 228 g/mol. The number of nitrogens with zero attached hydrogens (tertiary/aromatic N) is 2. The fourth-order valence-electron chi connectivity index (χ4n) is 1.26. The van der Waals surface area contributed by atoms with Gasteiger partial charge in [0, 0.05) is 26.1 Å². The van der Waals surface area contributed by atoms with Gasteiger partial charge in [0.2, 0.25) is 5.91 Å². The van der Waals surface area contributed by atoms with Crippen molar-refractivity contribution in [2.75, 3.05) is 6.54 Å². The molecule has 0 unspecified atom stereocenters. The first-order chi connectivity index (χ1) is 7.91. The highest BCUT2D eigenvalue weighted by Gasteiger charge is 2.17. The van der Waals surface area contributed by atoms with Gasteiger partial charge in [-0.05, 0) is 0 Å². The Labute approximate surface area is 96.5 Å². The molecule has 0 aromatic carbocycles. The van der Waals surface area contributed by atoms with Gasteiger partial charge in [0.15, 0.2) is 0 Å². The van der Waals surface area contributed by atoms with Crippen molar-refractivity contribution in [2.24, 2.45) is 12.8 Å². The van der Waals surface area contributed by atoms with Gasteiger partial charge in [-0.15, -0.1) is 0 Å². The van der Waals surface area contributed by atoms with Crippen LogP contribution in [0.15, 0.2) is 12.3 Å². The van der Waals surface area contributed by atoms with Gasteiger partial charge in [0.25, 0.3) is 11.6 Å². The smallest absolute Gasteiger partial charge is 0.287 e. The SMILES string of the molecule is Cn1cc([N+](=O)[O-])cc1C(=O)NCCC(N)=O. The van der Waals surface area contributed by atoms with Crippen LogP contribution in [0.4, 0.5) is 5.69 Å². The Morgan fingerprint density at radius 3 is 2.71 bits per heavy atom. The third-order valence-corrected chi connectivity index (χ3v) is 2.09. The topological polar surface area (TPSA) is 120 Å². The van der Waals surface area contributed by atoms with Crippen LogP contribution in [-0.2, 0) is 11.8 Å². The number of aryl methyl sites for hydroxylation is 1. The minimum atomic E-state index is -0.583. The summed E-state index contributed by atoms with van der Waals surface area (Å²) in [7, 11) is 1.52. The second-order valence-electron chi connectivity index (χ2n) is 3.42. The summed E-state index contributed by atoms with van der Waals surface area (Å²) >= 11 is 0. The quantitative estimate of drug-likeness (QED) is 0.534. The lowest BCUT2D eigenvalue weighted by Gasteiger charge is -2.03. The maximum Gasteiger partial charge on any atom is 0.287 e. The standard InChI is InChI=1S/C9H12N4O4/c1-12-5-6(13(16)17)4-7(12)9(15)11-3-2-8(10)14/h4-5H,2-3H2,1H3,(H2,10,14)(H,11,15). The molecule has 0 fully saturated rings. The number of aromatic nitrogens is 1. The molecule has 0 saturated carbocycles. The van der Waals surface area contributed by atoms with E-state index >= 15 is 0 Å². The van der Waals surface area contributed by atoms with Crippen LogP contribution in [0.25, 0.3) is 0 Å². The monoisotopic (exact) mass is 240 g/mol. The predicted molar refractivity (Wildman–Crippen MR) is 58.2 cm³/mol. The van der Waals surface area contributed by atoms with E-state index in [9.17, 15) is 19.7 Å². The number of hydrogen-bond donors (Lipinski definition) is 2. The first-order valence-electron chi connectivity index (χ1n) is 4.79. The minimum Gasteiger partial charge on any atom is -0.370 e. The normalized spacial score (nSPS) is 9.94. The van der Waals surface area contributed by atoms with E-state index in [1.807, 2.05) is 0 Å². The van der Waals surface area contributed by atoms with Gasteiger partial charge in [-0.2, -0.15) is 0 Å². The van der Waals surface area contributed by atoms with Crippen molar-refractivity contribution in [1.82, 2.24) is 9.88 Å². The van der Waals surface area contributed by atoms with Crippen molar-refractivity contribution >= 4 is 17.5 Å². The summed E-state index contributed by atoms with van der Waals surface area (Å²) < 4.78 is 1.34. The second kappa shape index (κ2) is 5.10. The number of carbonyl (C=O) groups excluding carboxylic acids is 2. The van der Waals surface area contributed by atoms with Gasteiger partial charge in [-0.3, -0.25) is 19.7 Å². The lowest BCUT2D eigenvalue weighted by molar-refractivity contribution is -0.384. The van der Waals surface area contributed by atoms with Crippen molar-refractivity contribution < 1.29 is 14.5 Å². The van der Waals surface area contributed by atoms with E-state index in [0.717, 1.165) is 0 Å². The number of nitrogens with two attached hydrogens (primary N) is 1. The minimum absolute atomic E-state index is 0.0260. The highest BCUT2D eigenvalue weighted by molar-refractivity contribution is 5.93. The molecule has 1 heterocycles. The summed E-state index contributed by atoms with van der Waals surface area (Å²) in [5.41, 5.74) is 4.90. The Hall–Kier alpha value is -2.38. The van der Waals surface area contributed by atoms with Crippen molar-refractivity contribution in [2.45, 2.75) is 6.42 Å². The van der Waals surface area contributed by atoms with E-state index in [1.54, 1.807) is 0 Å². The fourth-order valence-corrected chi connectivity index (χ4v) is 1.26. The van der Waals surface area contributed by atoms with Crippen LogP contribution in [0.2, 0.25) is 0 Å². The van der Waals surface area contributed by atoms with Crippen LogP contribution in [0.5, 0.6) is 0 Å². The van der Waals surface area contributed by atoms with Crippen molar-refractivity contribution in [3.8, 4) is 0 Å². The Morgan fingerprint density at radius 1 is 1.59 bits per heavy atom. The molecule has 0 saturated heterocycles. The van der Waals surface area contributed by atoms with Gasteiger partial charge in [0.05, 0.1) is 11.1 Å². The van der Waals surface area contributed by atoms with Gasteiger partial charge in [-0.25, -0.2) is 0 Å². The number of hydrogen-bond acceptors (Lipinski definition) is 4. The highest BCUT2D eigenvalue weighted by Crippen LogP contribution is 2.14. The molecule has 1 aromatic heterocycles. The lowest BCUT2D eigenvalue weighted by Crippen LogP contribution is -2.29. The number of rotatable bonds is 5. The lowest BCUT2D eigenvalue weighted by atomic mass is 10.3. The molecular formula is C9H12N4O4. The zero-order chi connectivity index (χ0) is 13.0. The number of amides is 2. The summed E-state index contributed by atoms with van der Waals surface area (Å²) in [5, 5.41) is 12.9. The first kappa shape index (κ1) is 12.7. The molecule has 0 radical (unpaired) electrons. The summed E-state index contributed by atoms with van der Waals surface area (Å²) in [6.07, 6.45) is 1.27. The molecule has 2 amide bonds. The second-order valence-corrected chi connectivity index (χ2v) is 3.42. The molecule has 0 spiro atoms. The number of primary amides is 1. The van der Waals surface area contributed by atoms with E-state index in [2.05, 4.69) is 5.32 Å². The zero-order valence-electron chi connectivity index (χ0n) is 9.17. The molecule has 1 aromatic rings. The molecule has 17 heavy (non-hydrogen) atoms. The first-order valence-corrected chi connectivity index (χ1v) is 4.79. The Kier molecular flexibility index (Phi) is 3.81. The molecule has 8 nitrogen and oxygen atoms in total. The van der Waals surface area contributed by atoms with E-state index in [-0.39, 0.29) is 24.3 Å². The van der Waals surface area contributed by atoms with Crippen LogP contribution in [0, 0.1) is 10.1 Å². The predicted octanol–water partition coefficient (Wildman–Crippen LogP) is -0.461.